The van der Waals surface area contributed by atoms with Crippen LogP contribution in [0.1, 0.15) is 18.9 Å². The van der Waals surface area contributed by atoms with Crippen LogP contribution in [0.2, 0.25) is 0 Å². The van der Waals surface area contributed by atoms with Gasteiger partial charge in [-0.1, -0.05) is 30.3 Å². The van der Waals surface area contributed by atoms with Gasteiger partial charge in [0.1, 0.15) is 0 Å². The van der Waals surface area contributed by atoms with E-state index in [1.165, 1.54) is 7.05 Å². The van der Waals surface area contributed by atoms with Crippen molar-refractivity contribution < 1.29 is 9.59 Å². The van der Waals surface area contributed by atoms with Crippen LogP contribution in [-0.2, 0) is 16.0 Å². The lowest BCUT2D eigenvalue weighted by molar-refractivity contribution is -0.143. The molecule has 0 aliphatic rings. The number of rotatable bonds is 4. The van der Waals surface area contributed by atoms with E-state index in [9.17, 15) is 9.59 Å². The Morgan fingerprint density at radius 2 is 1.88 bits per heavy atom. The van der Waals surface area contributed by atoms with Crippen LogP contribution in [0.25, 0.3) is 0 Å². The average molecular weight is 234 g/mol. The molecule has 0 spiro atoms. The fourth-order valence-electron chi connectivity index (χ4n) is 1.49. The van der Waals surface area contributed by atoms with Gasteiger partial charge in [-0.15, -0.1) is 0 Å². The van der Waals surface area contributed by atoms with E-state index in [2.05, 4.69) is 0 Å². The van der Waals surface area contributed by atoms with Gasteiger partial charge in [0.05, 0.1) is 6.04 Å². The molecule has 2 N–H and O–H groups in total. The lowest BCUT2D eigenvalue weighted by atomic mass is 10.1. The molecule has 17 heavy (non-hydrogen) atoms. The van der Waals surface area contributed by atoms with Gasteiger partial charge < -0.3 is 5.73 Å². The minimum absolute atomic E-state index is 0.198. The third-order valence-corrected chi connectivity index (χ3v) is 2.56. The summed E-state index contributed by atoms with van der Waals surface area (Å²) in [6.07, 6.45) is 0.954. The Morgan fingerprint density at radius 1 is 1.29 bits per heavy atom. The van der Waals surface area contributed by atoms with Crippen LogP contribution in [0.15, 0.2) is 30.3 Å². The van der Waals surface area contributed by atoms with Crippen molar-refractivity contribution in [1.29, 1.82) is 0 Å². The summed E-state index contributed by atoms with van der Waals surface area (Å²) in [5.74, 6) is -0.542. The molecule has 0 heterocycles. The molecule has 1 aromatic carbocycles. The first-order valence-corrected chi connectivity index (χ1v) is 5.62. The first kappa shape index (κ1) is 13.4. The number of nitrogens with zero attached hydrogens (tertiary/aromatic N) is 1. The van der Waals surface area contributed by atoms with Gasteiger partial charge in [0.15, 0.2) is 0 Å². The maximum Gasteiger partial charge on any atom is 0.245 e. The van der Waals surface area contributed by atoms with Crippen molar-refractivity contribution in [3.63, 3.8) is 0 Å². The Kier molecular flexibility index (Phi) is 4.84. The Labute approximate surface area is 101 Å². The Morgan fingerprint density at radius 3 is 2.41 bits per heavy atom. The number of hydrogen-bond acceptors (Lipinski definition) is 3. The fraction of sp³-hybridized carbons (Fsp3) is 0.385. The number of amides is 2. The Bertz CT molecular complexity index is 388. The molecule has 2 amide bonds. The first-order valence-electron chi connectivity index (χ1n) is 5.62. The Hall–Kier alpha value is -1.68. The van der Waals surface area contributed by atoms with Crippen molar-refractivity contribution in [2.24, 2.45) is 5.73 Å². The van der Waals surface area contributed by atoms with E-state index in [1.807, 2.05) is 30.3 Å². The lowest BCUT2D eigenvalue weighted by Gasteiger charge is -2.17. The van der Waals surface area contributed by atoms with Gasteiger partial charge in [-0.05, 0) is 18.9 Å². The lowest BCUT2D eigenvalue weighted by Crippen LogP contribution is -2.43. The number of carbonyl (C=O) groups is 2. The van der Waals surface area contributed by atoms with E-state index >= 15 is 0 Å². The molecule has 0 aliphatic carbocycles. The molecule has 0 saturated carbocycles. The molecular weight excluding hydrogens is 216 g/mol. The van der Waals surface area contributed by atoms with E-state index < -0.39 is 6.04 Å². The maximum absolute atomic E-state index is 11.7. The van der Waals surface area contributed by atoms with Gasteiger partial charge >= 0.3 is 0 Å². The van der Waals surface area contributed by atoms with Crippen LogP contribution in [0.3, 0.4) is 0 Å². The van der Waals surface area contributed by atoms with Crippen LogP contribution >= 0.6 is 0 Å². The fourth-order valence-corrected chi connectivity index (χ4v) is 1.49. The number of likely N-dealkylation sites (N-methyl/N-ethyl adjacent to an activating group) is 1. The molecule has 0 saturated heterocycles. The number of nitrogens with two attached hydrogens (primary N) is 1. The van der Waals surface area contributed by atoms with E-state index in [0.717, 1.165) is 10.5 Å². The number of imide groups is 1. The van der Waals surface area contributed by atoms with Crippen LogP contribution in [-0.4, -0.2) is 29.8 Å². The third kappa shape index (κ3) is 4.00. The summed E-state index contributed by atoms with van der Waals surface area (Å²) < 4.78 is 0. The van der Waals surface area contributed by atoms with E-state index in [0.29, 0.717) is 12.8 Å². The number of benzene rings is 1. The highest BCUT2D eigenvalue weighted by molar-refractivity contribution is 5.97. The normalized spacial score (nSPS) is 11.9. The van der Waals surface area contributed by atoms with Crippen molar-refractivity contribution in [2.75, 3.05) is 7.05 Å². The predicted octanol–water partition coefficient (Wildman–Crippen LogP) is 0.951. The number of hydrogen-bond donors (Lipinski definition) is 1. The van der Waals surface area contributed by atoms with Gasteiger partial charge in [-0.2, -0.15) is 0 Å². The summed E-state index contributed by atoms with van der Waals surface area (Å²) in [7, 11) is 1.47. The van der Waals surface area contributed by atoms with Crippen molar-refractivity contribution in [3.05, 3.63) is 35.9 Å². The van der Waals surface area contributed by atoms with Crippen LogP contribution in [0.5, 0.6) is 0 Å². The largest absolute Gasteiger partial charge is 0.320 e. The third-order valence-electron chi connectivity index (χ3n) is 2.56. The second-order valence-corrected chi connectivity index (χ2v) is 4.07. The summed E-state index contributed by atoms with van der Waals surface area (Å²) in [6, 6.07) is 9.06. The first-order chi connectivity index (χ1) is 8.02. The molecule has 0 radical (unpaired) electrons. The van der Waals surface area contributed by atoms with Crippen LogP contribution < -0.4 is 5.73 Å². The molecule has 1 atom stereocenters. The molecule has 4 heteroatoms. The highest BCUT2D eigenvalue weighted by atomic mass is 16.2. The highest BCUT2D eigenvalue weighted by Gasteiger charge is 2.19. The van der Waals surface area contributed by atoms with Crippen LogP contribution in [0.4, 0.5) is 0 Å². The van der Waals surface area contributed by atoms with E-state index in [1.54, 1.807) is 6.92 Å². The molecule has 0 aliphatic heterocycles. The SMILES string of the molecule is C[C@H](N)C(=O)N(C)C(=O)CCc1ccccc1. The standard InChI is InChI=1S/C13H18N2O2/c1-10(14)13(17)15(2)12(16)9-8-11-6-4-3-5-7-11/h3-7,10H,8-9,14H2,1-2H3/t10-/m0/s1. The summed E-state index contributed by atoms with van der Waals surface area (Å²) in [4.78, 5) is 24.3. The topological polar surface area (TPSA) is 63.4 Å². The van der Waals surface area contributed by atoms with Gasteiger partial charge in [0, 0.05) is 13.5 Å². The quantitative estimate of drug-likeness (QED) is 0.843. The molecule has 0 fully saturated rings. The van der Waals surface area contributed by atoms with E-state index in [-0.39, 0.29) is 11.8 Å². The van der Waals surface area contributed by atoms with Crippen LogP contribution in [0, 0.1) is 0 Å². The van der Waals surface area contributed by atoms with Crippen molar-refractivity contribution in [2.45, 2.75) is 25.8 Å². The number of aryl methyl sites for hydroxylation is 1. The molecule has 1 rings (SSSR count). The second kappa shape index (κ2) is 6.15. The molecule has 92 valence electrons. The monoisotopic (exact) mass is 234 g/mol. The zero-order valence-electron chi connectivity index (χ0n) is 10.2. The zero-order chi connectivity index (χ0) is 12.8. The molecule has 0 aromatic heterocycles. The summed E-state index contributed by atoms with van der Waals surface area (Å²) >= 11 is 0. The molecule has 1 aromatic rings. The van der Waals surface area contributed by atoms with E-state index in [4.69, 9.17) is 5.73 Å². The van der Waals surface area contributed by atoms with Crippen molar-refractivity contribution >= 4 is 11.8 Å². The summed E-state index contributed by atoms with van der Waals surface area (Å²) in [5, 5.41) is 0. The minimum atomic E-state index is -0.638. The van der Waals surface area contributed by atoms with Gasteiger partial charge in [-0.25, -0.2) is 0 Å². The Balaban J connectivity index is 2.48. The predicted molar refractivity (Wildman–Crippen MR) is 66.2 cm³/mol. The molecule has 0 bridgehead atoms. The van der Waals surface area contributed by atoms with Crippen molar-refractivity contribution in [3.8, 4) is 0 Å². The second-order valence-electron chi connectivity index (χ2n) is 4.07. The smallest absolute Gasteiger partial charge is 0.245 e. The number of carbonyl (C=O) groups excluding carboxylic acids is 2. The summed E-state index contributed by atoms with van der Waals surface area (Å²) in [5.41, 5.74) is 6.52. The molecular formula is C13H18N2O2. The zero-order valence-corrected chi connectivity index (χ0v) is 10.2. The highest BCUT2D eigenvalue weighted by Crippen LogP contribution is 2.04. The molecule has 4 nitrogen and oxygen atoms in total. The van der Waals surface area contributed by atoms with Gasteiger partial charge in [0.2, 0.25) is 11.8 Å². The van der Waals surface area contributed by atoms with Gasteiger partial charge in [-0.3, -0.25) is 14.5 Å². The van der Waals surface area contributed by atoms with Gasteiger partial charge in [0.25, 0.3) is 0 Å². The summed E-state index contributed by atoms with van der Waals surface area (Å²) in [6.45, 7) is 1.57. The van der Waals surface area contributed by atoms with Crippen molar-refractivity contribution in [1.82, 2.24) is 4.90 Å². The maximum atomic E-state index is 11.7. The molecule has 0 unspecified atom stereocenters. The minimum Gasteiger partial charge on any atom is -0.320 e. The average Bonchev–Trinajstić information content (AvgIpc) is 2.35.